The number of carbonyl (C=O) groups is 2. The minimum Gasteiger partial charge on any atom is -0.482 e. The molecule has 0 saturated heterocycles. The summed E-state index contributed by atoms with van der Waals surface area (Å²) in [4.78, 5) is 28.0. The summed E-state index contributed by atoms with van der Waals surface area (Å²) >= 11 is 1.12. The molecule has 0 aliphatic rings. The lowest BCUT2D eigenvalue weighted by Crippen LogP contribution is -2.24. The van der Waals surface area contributed by atoms with Crippen molar-refractivity contribution in [3.8, 4) is 5.75 Å². The fourth-order valence-electron chi connectivity index (χ4n) is 2.86. The van der Waals surface area contributed by atoms with Crippen LogP contribution < -0.4 is 4.74 Å². The van der Waals surface area contributed by atoms with E-state index in [1.54, 1.807) is 6.92 Å². The maximum Gasteiger partial charge on any atom is 0.357 e. The highest BCUT2D eigenvalue weighted by atomic mass is 32.1. The maximum atomic E-state index is 12.5. The third kappa shape index (κ3) is 6.75. The van der Waals surface area contributed by atoms with E-state index in [1.807, 2.05) is 12.1 Å². The van der Waals surface area contributed by atoms with Gasteiger partial charge in [-0.3, -0.25) is 4.79 Å². The molecule has 0 bridgehead atoms. The lowest BCUT2D eigenvalue weighted by atomic mass is 10.0. The summed E-state index contributed by atoms with van der Waals surface area (Å²) in [5.74, 6) is -0.154. The van der Waals surface area contributed by atoms with Crippen LogP contribution in [0.1, 0.15) is 78.2 Å². The van der Waals surface area contributed by atoms with Crippen LogP contribution in [-0.2, 0) is 11.2 Å². The average Bonchev–Trinajstić information content (AvgIpc) is 3.20. The third-order valence-corrected chi connectivity index (χ3v) is 5.39. The average molecular weight is 404 g/mol. The molecule has 0 aliphatic heterocycles. The molecule has 1 aromatic carbocycles. The van der Waals surface area contributed by atoms with Crippen molar-refractivity contribution in [3.05, 3.63) is 45.9 Å². The van der Waals surface area contributed by atoms with Gasteiger partial charge in [0.1, 0.15) is 5.75 Å². The number of unbranched alkanes of at least 4 members (excludes halogenated alkanes) is 5. The third-order valence-electron chi connectivity index (χ3n) is 4.53. The number of rotatable bonds is 12. The zero-order valence-electron chi connectivity index (χ0n) is 16.9. The van der Waals surface area contributed by atoms with Gasteiger partial charge in [0.15, 0.2) is 16.8 Å². The highest BCUT2D eigenvalue weighted by molar-refractivity contribution is 7.12. The quantitative estimate of drug-likeness (QED) is 0.267. The molecule has 28 heavy (non-hydrogen) atoms. The first kappa shape index (κ1) is 22.1. The lowest BCUT2D eigenvalue weighted by molar-refractivity contribution is 0.0594. The van der Waals surface area contributed by atoms with Gasteiger partial charge in [0.2, 0.25) is 5.78 Å². The number of methoxy groups -OCH3 is 1. The Morgan fingerprint density at radius 1 is 1.07 bits per heavy atom. The fourth-order valence-corrected chi connectivity index (χ4v) is 3.67. The highest BCUT2D eigenvalue weighted by Crippen LogP contribution is 2.19. The minimum atomic E-state index is -0.680. The molecule has 2 aromatic rings. The number of aryl methyl sites for hydroxylation is 1. The Morgan fingerprint density at radius 2 is 1.75 bits per heavy atom. The normalized spacial score (nSPS) is 11.8. The second-order valence-corrected chi connectivity index (χ2v) is 7.67. The molecule has 0 aliphatic carbocycles. The summed E-state index contributed by atoms with van der Waals surface area (Å²) in [6.45, 7) is 3.92. The van der Waals surface area contributed by atoms with E-state index in [1.165, 1.54) is 56.6 Å². The van der Waals surface area contributed by atoms with Gasteiger partial charge in [0.25, 0.3) is 0 Å². The first-order valence-corrected chi connectivity index (χ1v) is 10.8. The summed E-state index contributed by atoms with van der Waals surface area (Å²) in [5, 5.41) is 1.76. The number of nitrogens with zero attached hydrogens (tertiary/aromatic N) is 1. The number of benzene rings is 1. The first-order chi connectivity index (χ1) is 13.5. The number of hydrogen-bond donors (Lipinski definition) is 0. The van der Waals surface area contributed by atoms with Crippen LogP contribution in [0.4, 0.5) is 0 Å². The van der Waals surface area contributed by atoms with Crippen molar-refractivity contribution in [2.75, 3.05) is 7.11 Å². The Balaban J connectivity index is 1.81. The second-order valence-electron chi connectivity index (χ2n) is 6.82. The number of ether oxygens (including phenoxy) is 2. The van der Waals surface area contributed by atoms with Crippen molar-refractivity contribution >= 4 is 23.1 Å². The molecule has 5 nitrogen and oxygen atoms in total. The molecule has 152 valence electrons. The molecule has 0 N–H and O–H groups in total. The monoisotopic (exact) mass is 403 g/mol. The van der Waals surface area contributed by atoms with Crippen molar-refractivity contribution in [1.82, 2.24) is 4.98 Å². The van der Waals surface area contributed by atoms with Gasteiger partial charge < -0.3 is 9.47 Å². The minimum absolute atomic E-state index is 0.141. The van der Waals surface area contributed by atoms with Crippen LogP contribution in [0.3, 0.4) is 0 Å². The molecule has 0 spiro atoms. The molecule has 6 heteroatoms. The van der Waals surface area contributed by atoms with Gasteiger partial charge in [-0.25, -0.2) is 9.78 Å². The van der Waals surface area contributed by atoms with E-state index in [4.69, 9.17) is 4.74 Å². The van der Waals surface area contributed by atoms with Crippen LogP contribution in [0, 0.1) is 0 Å². The van der Waals surface area contributed by atoms with Crippen molar-refractivity contribution < 1.29 is 19.1 Å². The summed E-state index contributed by atoms with van der Waals surface area (Å²) in [6, 6.07) is 7.91. The van der Waals surface area contributed by atoms with Crippen LogP contribution in [0.15, 0.2) is 29.6 Å². The van der Waals surface area contributed by atoms with Crippen molar-refractivity contribution in [2.24, 2.45) is 0 Å². The van der Waals surface area contributed by atoms with Gasteiger partial charge >= 0.3 is 5.97 Å². The molecule has 1 atom stereocenters. The molecule has 0 fully saturated rings. The van der Waals surface area contributed by atoms with E-state index >= 15 is 0 Å². The van der Waals surface area contributed by atoms with Gasteiger partial charge in [-0.05, 0) is 37.5 Å². The number of esters is 1. The fraction of sp³-hybridized carbons (Fsp3) is 0.500. The molecule has 0 amide bonds. The van der Waals surface area contributed by atoms with E-state index in [2.05, 4.69) is 28.8 Å². The van der Waals surface area contributed by atoms with Crippen LogP contribution in [0.25, 0.3) is 0 Å². The van der Waals surface area contributed by atoms with Crippen LogP contribution in [-0.4, -0.2) is 30.0 Å². The second kappa shape index (κ2) is 11.6. The molecular weight excluding hydrogens is 374 g/mol. The number of carbonyl (C=O) groups excluding carboxylic acids is 2. The number of ketones is 1. The molecular formula is C22H29NO4S. The SMILES string of the molecule is CCCCCCCCc1ccc(OC(C)C(=O)c2nc(C(=O)OC)cs2)cc1. The Labute approximate surface area is 171 Å². The zero-order valence-corrected chi connectivity index (χ0v) is 17.7. The molecule has 1 aromatic heterocycles. The topological polar surface area (TPSA) is 65.5 Å². The number of aromatic nitrogens is 1. The number of thiazole rings is 1. The Bertz CT molecular complexity index is 754. The molecule has 0 radical (unpaired) electrons. The summed E-state index contributed by atoms with van der Waals surface area (Å²) < 4.78 is 10.4. The van der Waals surface area contributed by atoms with Crippen LogP contribution >= 0.6 is 11.3 Å². The van der Waals surface area contributed by atoms with E-state index in [0.29, 0.717) is 5.75 Å². The molecule has 1 heterocycles. The van der Waals surface area contributed by atoms with Crippen molar-refractivity contribution in [2.45, 2.75) is 64.9 Å². The Hall–Kier alpha value is -2.21. The predicted molar refractivity (Wildman–Crippen MR) is 111 cm³/mol. The standard InChI is InChI=1S/C22H29NO4S/c1-4-5-6-7-8-9-10-17-11-13-18(14-12-17)27-16(2)20(24)21-23-19(15-28-21)22(25)26-3/h11-16H,4-10H2,1-3H3. The van der Waals surface area contributed by atoms with Crippen LogP contribution in [0.5, 0.6) is 5.75 Å². The summed E-state index contributed by atoms with van der Waals surface area (Å²) in [6.07, 6.45) is 8.09. The predicted octanol–water partition coefficient (Wildman–Crippen LogP) is 5.48. The van der Waals surface area contributed by atoms with Gasteiger partial charge in [-0.2, -0.15) is 0 Å². The van der Waals surface area contributed by atoms with Gasteiger partial charge in [0, 0.05) is 5.38 Å². The van der Waals surface area contributed by atoms with Gasteiger partial charge in [-0.1, -0.05) is 51.2 Å². The van der Waals surface area contributed by atoms with Crippen LogP contribution in [0.2, 0.25) is 0 Å². The van der Waals surface area contributed by atoms with Gasteiger partial charge in [-0.15, -0.1) is 11.3 Å². The summed E-state index contributed by atoms with van der Waals surface area (Å²) in [7, 11) is 1.28. The molecule has 0 saturated carbocycles. The Morgan fingerprint density at radius 3 is 2.43 bits per heavy atom. The van der Waals surface area contributed by atoms with E-state index in [9.17, 15) is 9.59 Å². The Kier molecular flexibility index (Phi) is 9.14. The van der Waals surface area contributed by atoms with Gasteiger partial charge in [0.05, 0.1) is 7.11 Å². The van der Waals surface area contributed by atoms with E-state index in [0.717, 1.165) is 17.8 Å². The largest absolute Gasteiger partial charge is 0.482 e. The lowest BCUT2D eigenvalue weighted by Gasteiger charge is -2.13. The highest BCUT2D eigenvalue weighted by Gasteiger charge is 2.22. The maximum absolute atomic E-state index is 12.5. The zero-order chi connectivity index (χ0) is 20.4. The molecule has 2 rings (SSSR count). The van der Waals surface area contributed by atoms with Crippen molar-refractivity contribution in [1.29, 1.82) is 0 Å². The van der Waals surface area contributed by atoms with E-state index < -0.39 is 12.1 Å². The smallest absolute Gasteiger partial charge is 0.357 e. The number of Topliss-reactive ketones (excluding diaryl/α,β-unsaturated/α-hetero) is 1. The molecule has 1 unspecified atom stereocenters. The number of hydrogen-bond acceptors (Lipinski definition) is 6. The summed E-state index contributed by atoms with van der Waals surface area (Å²) in [5.41, 5.74) is 1.42. The first-order valence-electron chi connectivity index (χ1n) is 9.88. The van der Waals surface area contributed by atoms with Crippen molar-refractivity contribution in [3.63, 3.8) is 0 Å². The van der Waals surface area contributed by atoms with E-state index in [-0.39, 0.29) is 16.5 Å².